The van der Waals surface area contributed by atoms with Gasteiger partial charge in [0.1, 0.15) is 11.5 Å². The Bertz CT molecular complexity index is 367. The Hall–Kier alpha value is -0.320. The Morgan fingerprint density at radius 1 is 1.29 bits per heavy atom. The van der Waals surface area contributed by atoms with Gasteiger partial charge in [0.2, 0.25) is 0 Å². The van der Waals surface area contributed by atoms with Crippen LogP contribution in [0.3, 0.4) is 0 Å². The zero-order valence-corrected chi connectivity index (χ0v) is 12.5. The van der Waals surface area contributed by atoms with Gasteiger partial charge in [0, 0.05) is 32.1 Å². The van der Waals surface area contributed by atoms with Gasteiger partial charge in [0.15, 0.2) is 0 Å². The van der Waals surface area contributed by atoms with Crippen LogP contribution < -0.4 is 0 Å². The fourth-order valence-corrected chi connectivity index (χ4v) is 2.92. The van der Waals surface area contributed by atoms with E-state index >= 15 is 0 Å². The van der Waals surface area contributed by atoms with Crippen molar-refractivity contribution >= 4 is 15.9 Å². The molecule has 0 aromatic carbocycles. The highest BCUT2D eigenvalue weighted by atomic mass is 79.9. The molecule has 1 aliphatic heterocycles. The first-order chi connectivity index (χ1) is 8.06. The third-order valence-corrected chi connectivity index (χ3v) is 3.88. The summed E-state index contributed by atoms with van der Waals surface area (Å²) >= 11 is 3.57. The number of likely N-dealkylation sites (N-methyl/N-ethyl adjacent to an activating group) is 1. The van der Waals surface area contributed by atoms with E-state index in [4.69, 9.17) is 4.42 Å². The number of piperazine rings is 1. The van der Waals surface area contributed by atoms with Crippen LogP contribution >= 0.6 is 15.9 Å². The van der Waals surface area contributed by atoms with Gasteiger partial charge in [-0.25, -0.2) is 0 Å². The second-order valence-corrected chi connectivity index (χ2v) is 6.01. The lowest BCUT2D eigenvalue weighted by Gasteiger charge is -2.31. The van der Waals surface area contributed by atoms with Gasteiger partial charge in [-0.1, -0.05) is 13.8 Å². The highest BCUT2D eigenvalue weighted by Crippen LogP contribution is 2.28. The Balaban J connectivity index is 1.97. The second-order valence-electron chi connectivity index (χ2n) is 5.16. The molecule has 17 heavy (non-hydrogen) atoms. The monoisotopic (exact) mass is 300 g/mol. The Morgan fingerprint density at radius 2 is 1.94 bits per heavy atom. The molecule has 3 nitrogen and oxygen atoms in total. The summed E-state index contributed by atoms with van der Waals surface area (Å²) in [5, 5.41) is 0. The summed E-state index contributed by atoms with van der Waals surface area (Å²) in [6, 6.07) is 2.12. The molecule has 0 N–H and O–H groups in total. The molecule has 0 saturated carbocycles. The van der Waals surface area contributed by atoms with Crippen LogP contribution in [0, 0.1) is 0 Å². The fourth-order valence-electron chi connectivity index (χ4n) is 2.13. The van der Waals surface area contributed by atoms with Crippen LogP contribution in [0.15, 0.2) is 15.0 Å². The van der Waals surface area contributed by atoms with Gasteiger partial charge in [-0.05, 0) is 29.0 Å². The van der Waals surface area contributed by atoms with Crippen molar-refractivity contribution in [3.63, 3.8) is 0 Å². The smallest absolute Gasteiger partial charge is 0.120 e. The molecule has 0 aliphatic carbocycles. The maximum absolute atomic E-state index is 5.90. The SMILES string of the molecule is CC(C)c1oc(CN2CCN(C)CC2)cc1Br. The predicted molar refractivity (Wildman–Crippen MR) is 73.3 cm³/mol. The van der Waals surface area contributed by atoms with Crippen molar-refractivity contribution in [2.45, 2.75) is 26.3 Å². The summed E-state index contributed by atoms with van der Waals surface area (Å²) in [5.41, 5.74) is 0. The zero-order chi connectivity index (χ0) is 12.4. The summed E-state index contributed by atoms with van der Waals surface area (Å²) < 4.78 is 7.01. The summed E-state index contributed by atoms with van der Waals surface area (Å²) in [7, 11) is 2.18. The standard InChI is InChI=1S/C13H21BrN2O/c1-10(2)13-12(14)8-11(17-13)9-16-6-4-15(3)5-7-16/h8,10H,4-7,9H2,1-3H3. The summed E-state index contributed by atoms with van der Waals surface area (Å²) in [4.78, 5) is 4.82. The van der Waals surface area contributed by atoms with E-state index in [1.165, 1.54) is 0 Å². The molecule has 1 aromatic rings. The number of halogens is 1. The molecule has 1 aliphatic rings. The summed E-state index contributed by atoms with van der Waals surface area (Å²) in [6.07, 6.45) is 0. The molecule has 96 valence electrons. The number of furan rings is 1. The van der Waals surface area contributed by atoms with Crippen molar-refractivity contribution in [2.24, 2.45) is 0 Å². The van der Waals surface area contributed by atoms with E-state index in [1.54, 1.807) is 0 Å². The van der Waals surface area contributed by atoms with Crippen molar-refractivity contribution in [1.82, 2.24) is 9.80 Å². The molecule has 4 heteroatoms. The lowest BCUT2D eigenvalue weighted by Crippen LogP contribution is -2.43. The molecular formula is C13H21BrN2O. The summed E-state index contributed by atoms with van der Waals surface area (Å²) in [6.45, 7) is 9.81. The third-order valence-electron chi connectivity index (χ3n) is 3.26. The van der Waals surface area contributed by atoms with E-state index < -0.39 is 0 Å². The number of rotatable bonds is 3. The molecule has 0 amide bonds. The number of nitrogens with zero attached hydrogens (tertiary/aromatic N) is 2. The normalized spacial score (nSPS) is 19.1. The molecule has 2 rings (SSSR count). The van der Waals surface area contributed by atoms with Crippen LogP contribution in [-0.2, 0) is 6.54 Å². The van der Waals surface area contributed by atoms with Crippen LogP contribution in [0.5, 0.6) is 0 Å². The summed E-state index contributed by atoms with van der Waals surface area (Å²) in [5.74, 6) is 2.57. The molecule has 0 spiro atoms. The molecule has 1 aromatic heterocycles. The highest BCUT2D eigenvalue weighted by molar-refractivity contribution is 9.10. The van der Waals surface area contributed by atoms with Crippen LogP contribution in [0.25, 0.3) is 0 Å². The van der Waals surface area contributed by atoms with Gasteiger partial charge in [-0.3, -0.25) is 4.90 Å². The van der Waals surface area contributed by atoms with E-state index in [9.17, 15) is 0 Å². The van der Waals surface area contributed by atoms with Crippen molar-refractivity contribution < 1.29 is 4.42 Å². The van der Waals surface area contributed by atoms with Crippen LogP contribution in [-0.4, -0.2) is 43.0 Å². The van der Waals surface area contributed by atoms with Crippen molar-refractivity contribution in [3.8, 4) is 0 Å². The quantitative estimate of drug-likeness (QED) is 0.856. The first-order valence-electron chi connectivity index (χ1n) is 6.25. The Labute approximate surface area is 112 Å². The van der Waals surface area contributed by atoms with Crippen molar-refractivity contribution in [1.29, 1.82) is 0 Å². The van der Waals surface area contributed by atoms with E-state index in [0.717, 1.165) is 48.7 Å². The Morgan fingerprint density at radius 3 is 2.47 bits per heavy atom. The average molecular weight is 301 g/mol. The van der Waals surface area contributed by atoms with Gasteiger partial charge in [0.25, 0.3) is 0 Å². The second kappa shape index (κ2) is 5.55. The maximum Gasteiger partial charge on any atom is 0.120 e. The van der Waals surface area contributed by atoms with Gasteiger partial charge in [-0.2, -0.15) is 0 Å². The van der Waals surface area contributed by atoms with Crippen LogP contribution in [0.1, 0.15) is 31.3 Å². The third kappa shape index (κ3) is 3.33. The van der Waals surface area contributed by atoms with Gasteiger partial charge >= 0.3 is 0 Å². The van der Waals surface area contributed by atoms with E-state index in [2.05, 4.69) is 52.7 Å². The van der Waals surface area contributed by atoms with Crippen molar-refractivity contribution in [3.05, 3.63) is 22.1 Å². The first kappa shape index (κ1) is 13.1. The van der Waals surface area contributed by atoms with Crippen LogP contribution in [0.4, 0.5) is 0 Å². The van der Waals surface area contributed by atoms with Crippen molar-refractivity contribution in [2.75, 3.05) is 33.2 Å². The predicted octanol–water partition coefficient (Wildman–Crippen LogP) is 2.91. The molecule has 0 bridgehead atoms. The topological polar surface area (TPSA) is 19.6 Å². The zero-order valence-electron chi connectivity index (χ0n) is 10.9. The minimum Gasteiger partial charge on any atom is -0.463 e. The molecule has 0 atom stereocenters. The first-order valence-corrected chi connectivity index (χ1v) is 7.04. The van der Waals surface area contributed by atoms with E-state index in [1.807, 2.05) is 0 Å². The van der Waals surface area contributed by atoms with Gasteiger partial charge < -0.3 is 9.32 Å². The van der Waals surface area contributed by atoms with E-state index in [0.29, 0.717) is 5.92 Å². The average Bonchev–Trinajstić information content (AvgIpc) is 2.63. The number of hydrogen-bond acceptors (Lipinski definition) is 3. The van der Waals surface area contributed by atoms with Gasteiger partial charge in [0.05, 0.1) is 11.0 Å². The maximum atomic E-state index is 5.90. The number of hydrogen-bond donors (Lipinski definition) is 0. The lowest BCUT2D eigenvalue weighted by molar-refractivity contribution is 0.139. The molecule has 1 fully saturated rings. The Kier molecular flexibility index (Phi) is 4.28. The van der Waals surface area contributed by atoms with E-state index in [-0.39, 0.29) is 0 Å². The highest BCUT2D eigenvalue weighted by Gasteiger charge is 2.17. The largest absolute Gasteiger partial charge is 0.463 e. The molecular weight excluding hydrogens is 280 g/mol. The van der Waals surface area contributed by atoms with Gasteiger partial charge in [-0.15, -0.1) is 0 Å². The minimum atomic E-state index is 0.436. The fraction of sp³-hybridized carbons (Fsp3) is 0.692. The minimum absolute atomic E-state index is 0.436. The molecule has 0 radical (unpaired) electrons. The molecule has 2 heterocycles. The molecule has 0 unspecified atom stereocenters. The van der Waals surface area contributed by atoms with Crippen LogP contribution in [0.2, 0.25) is 0 Å². The molecule has 1 saturated heterocycles. The lowest BCUT2D eigenvalue weighted by atomic mass is 10.2.